The summed E-state index contributed by atoms with van der Waals surface area (Å²) in [5.41, 5.74) is 1.71. The molecule has 2 aliphatic rings. The van der Waals surface area contributed by atoms with Gasteiger partial charge in [0, 0.05) is 38.8 Å². The molecular formula is C25H30N4O5S. The minimum absolute atomic E-state index is 0.127. The molecule has 186 valence electrons. The monoisotopic (exact) mass is 498 g/mol. The van der Waals surface area contributed by atoms with E-state index in [1.54, 1.807) is 12.1 Å². The number of nitrogens with one attached hydrogen (secondary N) is 1. The summed E-state index contributed by atoms with van der Waals surface area (Å²) >= 11 is 0. The molecule has 1 saturated heterocycles. The molecule has 9 nitrogen and oxygen atoms in total. The Labute approximate surface area is 205 Å². The molecule has 0 unspecified atom stereocenters. The first-order valence-electron chi connectivity index (χ1n) is 11.9. The molecule has 0 aliphatic carbocycles. The van der Waals surface area contributed by atoms with Crippen LogP contribution in [-0.4, -0.2) is 68.6 Å². The third kappa shape index (κ3) is 4.55. The molecule has 0 radical (unpaired) electrons. The van der Waals surface area contributed by atoms with Gasteiger partial charge in [0.25, 0.3) is 17.7 Å². The summed E-state index contributed by atoms with van der Waals surface area (Å²) in [6, 6.07) is 9.17. The fraction of sp³-hybridized carbons (Fsp3) is 0.400. The van der Waals surface area contributed by atoms with Crippen LogP contribution in [0.4, 0.5) is 11.4 Å². The van der Waals surface area contributed by atoms with Crippen LogP contribution in [0.2, 0.25) is 0 Å². The molecule has 35 heavy (non-hydrogen) atoms. The van der Waals surface area contributed by atoms with Gasteiger partial charge in [0.1, 0.15) is 0 Å². The number of carbonyl (C=O) groups is 3. The standard InChI is InChI=1S/C25H30N4O5S/c1-4-28(5-2)22-12-10-18(35(33,34)29-13-7-6-8-14-29)16-21(22)26-23(30)17-9-11-19-20(15-17)25(32)27(3)24(19)31/h9-12,15-16H,4-8,13-14H2,1-3H3,(H,26,30). The molecule has 4 rings (SSSR count). The Morgan fingerprint density at radius 2 is 1.60 bits per heavy atom. The summed E-state index contributed by atoms with van der Waals surface area (Å²) < 4.78 is 28.0. The van der Waals surface area contributed by atoms with E-state index < -0.39 is 27.7 Å². The first kappa shape index (κ1) is 24.9. The van der Waals surface area contributed by atoms with Gasteiger partial charge in [0.15, 0.2) is 0 Å². The quantitative estimate of drug-likeness (QED) is 0.588. The number of nitrogens with zero attached hydrogens (tertiary/aromatic N) is 3. The fourth-order valence-electron chi connectivity index (χ4n) is 4.57. The molecule has 3 amide bonds. The molecule has 2 aromatic rings. The first-order chi connectivity index (χ1) is 16.7. The second-order valence-electron chi connectivity index (χ2n) is 8.70. The molecule has 1 N–H and O–H groups in total. The van der Waals surface area contributed by atoms with Gasteiger partial charge in [-0.3, -0.25) is 19.3 Å². The van der Waals surface area contributed by atoms with Crippen LogP contribution in [0.3, 0.4) is 0 Å². The number of benzene rings is 2. The van der Waals surface area contributed by atoms with Crippen LogP contribution in [0.25, 0.3) is 0 Å². The normalized spacial score (nSPS) is 16.4. The van der Waals surface area contributed by atoms with Crippen LogP contribution < -0.4 is 10.2 Å². The predicted octanol–water partition coefficient (Wildman–Crippen LogP) is 3.19. The van der Waals surface area contributed by atoms with E-state index in [9.17, 15) is 22.8 Å². The van der Waals surface area contributed by atoms with E-state index >= 15 is 0 Å². The highest BCUT2D eigenvalue weighted by atomic mass is 32.2. The Balaban J connectivity index is 1.70. The SMILES string of the molecule is CCN(CC)c1ccc(S(=O)(=O)N2CCCCC2)cc1NC(=O)c1ccc2c(c1)C(=O)N(C)C2=O. The summed E-state index contributed by atoms with van der Waals surface area (Å²) in [6.45, 7) is 6.26. The molecular weight excluding hydrogens is 468 g/mol. The van der Waals surface area contributed by atoms with E-state index in [1.807, 2.05) is 18.7 Å². The molecule has 0 spiro atoms. The maximum absolute atomic E-state index is 13.3. The van der Waals surface area contributed by atoms with Crippen LogP contribution in [-0.2, 0) is 10.0 Å². The summed E-state index contributed by atoms with van der Waals surface area (Å²) in [5.74, 6) is -1.36. The number of anilines is 2. The third-order valence-electron chi connectivity index (χ3n) is 6.63. The lowest BCUT2D eigenvalue weighted by atomic mass is 10.1. The number of amides is 3. The number of carbonyl (C=O) groups excluding carboxylic acids is 3. The van der Waals surface area contributed by atoms with Crippen LogP contribution in [0, 0.1) is 0 Å². The number of sulfonamides is 1. The lowest BCUT2D eigenvalue weighted by Gasteiger charge is -2.28. The van der Waals surface area contributed by atoms with Crippen molar-refractivity contribution >= 4 is 39.1 Å². The van der Waals surface area contributed by atoms with E-state index in [0.717, 1.165) is 24.2 Å². The largest absolute Gasteiger partial charge is 0.370 e. The fourth-order valence-corrected chi connectivity index (χ4v) is 6.11. The zero-order valence-electron chi connectivity index (χ0n) is 20.2. The van der Waals surface area contributed by atoms with E-state index in [2.05, 4.69) is 5.32 Å². The number of rotatable bonds is 7. The van der Waals surface area contributed by atoms with Crippen LogP contribution in [0.15, 0.2) is 41.3 Å². The Morgan fingerprint density at radius 1 is 0.943 bits per heavy atom. The number of hydrogen-bond acceptors (Lipinski definition) is 6. The van der Waals surface area contributed by atoms with Crippen molar-refractivity contribution in [3.8, 4) is 0 Å². The average Bonchev–Trinajstić information content (AvgIpc) is 3.09. The highest BCUT2D eigenvalue weighted by Gasteiger charge is 2.33. The summed E-state index contributed by atoms with van der Waals surface area (Å²) in [6.07, 6.45) is 2.67. The summed E-state index contributed by atoms with van der Waals surface area (Å²) in [7, 11) is -2.29. The Kier molecular flexibility index (Phi) is 6.95. The molecule has 2 aliphatic heterocycles. The van der Waals surface area contributed by atoms with Crippen LogP contribution >= 0.6 is 0 Å². The Morgan fingerprint density at radius 3 is 2.26 bits per heavy atom. The average molecular weight is 499 g/mol. The van der Waals surface area contributed by atoms with E-state index in [-0.39, 0.29) is 21.6 Å². The smallest absolute Gasteiger partial charge is 0.261 e. The number of hydrogen-bond donors (Lipinski definition) is 1. The van der Waals surface area contributed by atoms with Gasteiger partial charge in [0.05, 0.1) is 27.4 Å². The zero-order chi connectivity index (χ0) is 25.3. The molecule has 2 heterocycles. The van der Waals surface area contributed by atoms with E-state index in [1.165, 1.54) is 35.6 Å². The van der Waals surface area contributed by atoms with Gasteiger partial charge < -0.3 is 10.2 Å². The second kappa shape index (κ2) is 9.79. The lowest BCUT2D eigenvalue weighted by Crippen LogP contribution is -2.35. The summed E-state index contributed by atoms with van der Waals surface area (Å²) in [4.78, 5) is 40.9. The maximum atomic E-state index is 13.3. The van der Waals surface area contributed by atoms with Crippen molar-refractivity contribution in [1.82, 2.24) is 9.21 Å². The van der Waals surface area contributed by atoms with Gasteiger partial charge in [-0.25, -0.2) is 8.42 Å². The van der Waals surface area contributed by atoms with E-state index in [0.29, 0.717) is 37.6 Å². The topological polar surface area (TPSA) is 107 Å². The molecule has 10 heteroatoms. The highest BCUT2D eigenvalue weighted by molar-refractivity contribution is 7.89. The van der Waals surface area contributed by atoms with Crippen molar-refractivity contribution < 1.29 is 22.8 Å². The minimum Gasteiger partial charge on any atom is -0.370 e. The van der Waals surface area contributed by atoms with Crippen molar-refractivity contribution in [2.75, 3.05) is 43.4 Å². The molecule has 1 fully saturated rings. The van der Waals surface area contributed by atoms with Gasteiger partial charge in [0.2, 0.25) is 10.0 Å². The Bertz CT molecular complexity index is 1280. The van der Waals surface area contributed by atoms with Crippen molar-refractivity contribution in [1.29, 1.82) is 0 Å². The van der Waals surface area contributed by atoms with Gasteiger partial charge >= 0.3 is 0 Å². The highest BCUT2D eigenvalue weighted by Crippen LogP contribution is 2.32. The zero-order valence-corrected chi connectivity index (χ0v) is 21.0. The minimum atomic E-state index is -3.69. The molecule has 0 saturated carbocycles. The van der Waals surface area contributed by atoms with Gasteiger partial charge in [-0.05, 0) is 63.1 Å². The predicted molar refractivity (Wildman–Crippen MR) is 133 cm³/mol. The molecule has 0 bridgehead atoms. The maximum Gasteiger partial charge on any atom is 0.261 e. The lowest BCUT2D eigenvalue weighted by molar-refractivity contribution is 0.0693. The number of imide groups is 1. The van der Waals surface area contributed by atoms with Crippen LogP contribution in [0.5, 0.6) is 0 Å². The van der Waals surface area contributed by atoms with Crippen molar-refractivity contribution in [3.63, 3.8) is 0 Å². The molecule has 0 atom stereocenters. The molecule has 2 aromatic carbocycles. The van der Waals surface area contributed by atoms with Gasteiger partial charge in [-0.2, -0.15) is 4.31 Å². The van der Waals surface area contributed by atoms with Gasteiger partial charge in [-0.15, -0.1) is 0 Å². The van der Waals surface area contributed by atoms with Crippen molar-refractivity contribution in [3.05, 3.63) is 53.1 Å². The van der Waals surface area contributed by atoms with Gasteiger partial charge in [-0.1, -0.05) is 6.42 Å². The molecule has 0 aromatic heterocycles. The first-order valence-corrected chi connectivity index (χ1v) is 13.3. The summed E-state index contributed by atoms with van der Waals surface area (Å²) in [5, 5.41) is 2.85. The van der Waals surface area contributed by atoms with E-state index in [4.69, 9.17) is 0 Å². The van der Waals surface area contributed by atoms with Crippen molar-refractivity contribution in [2.45, 2.75) is 38.0 Å². The third-order valence-corrected chi connectivity index (χ3v) is 8.52. The second-order valence-corrected chi connectivity index (χ2v) is 10.6. The van der Waals surface area contributed by atoms with Crippen molar-refractivity contribution in [2.24, 2.45) is 0 Å². The Hall–Kier alpha value is -3.24. The number of piperidine rings is 1. The number of fused-ring (bicyclic) bond motifs is 1. The van der Waals surface area contributed by atoms with Crippen LogP contribution in [0.1, 0.15) is 64.2 Å².